The van der Waals surface area contributed by atoms with E-state index in [9.17, 15) is 30.6 Å². The van der Waals surface area contributed by atoms with Crippen LogP contribution in [-0.2, 0) is 23.3 Å². The van der Waals surface area contributed by atoms with Gasteiger partial charge in [-0.05, 0) is 55.9 Å². The fraction of sp³-hybridized carbons (Fsp3) is 0.280. The van der Waals surface area contributed by atoms with E-state index in [1.807, 2.05) is 11.9 Å². The van der Waals surface area contributed by atoms with Gasteiger partial charge in [0.1, 0.15) is 22.8 Å². The standard InChI is InChI=1S/C25H20Cl2F6N2O2S2/c1-35-10-9-15(13-35)37-20-11-14(5-7-17(20)24(28,29)30)34-39(36)16-6-8-21(18(12-16)25(31,32)33)38-22-4-2-3-19(26)23(22)27/h2-8,11-12,15,34H,9-10,13H2,1H3/t15-,39?/m1/s1. The van der Waals surface area contributed by atoms with Crippen LogP contribution in [0.1, 0.15) is 17.5 Å². The molecule has 1 unspecified atom stereocenters. The van der Waals surface area contributed by atoms with Crippen molar-refractivity contribution in [3.8, 4) is 5.75 Å². The highest BCUT2D eigenvalue weighted by atomic mass is 35.5. The summed E-state index contributed by atoms with van der Waals surface area (Å²) in [5.41, 5.74) is -2.08. The predicted octanol–water partition coefficient (Wildman–Crippen LogP) is 8.40. The lowest BCUT2D eigenvalue weighted by molar-refractivity contribution is -0.140. The van der Waals surface area contributed by atoms with Crippen molar-refractivity contribution in [3.63, 3.8) is 0 Å². The fourth-order valence-corrected chi connectivity index (χ4v) is 6.22. The van der Waals surface area contributed by atoms with E-state index in [-0.39, 0.29) is 25.5 Å². The Morgan fingerprint density at radius 3 is 2.33 bits per heavy atom. The van der Waals surface area contributed by atoms with Crippen molar-refractivity contribution in [3.05, 3.63) is 75.8 Å². The topological polar surface area (TPSA) is 41.6 Å². The number of likely N-dealkylation sites (N-methyl/N-ethyl adjacent to an activating group) is 1. The molecule has 0 aromatic heterocycles. The summed E-state index contributed by atoms with van der Waals surface area (Å²) < 4.78 is 103. The van der Waals surface area contributed by atoms with Crippen LogP contribution in [0, 0.1) is 0 Å². The van der Waals surface area contributed by atoms with E-state index in [4.69, 9.17) is 27.9 Å². The molecule has 0 spiro atoms. The van der Waals surface area contributed by atoms with E-state index in [2.05, 4.69) is 4.72 Å². The molecule has 0 amide bonds. The lowest BCUT2D eigenvalue weighted by atomic mass is 10.1. The van der Waals surface area contributed by atoms with E-state index in [1.165, 1.54) is 18.2 Å². The predicted molar refractivity (Wildman–Crippen MR) is 140 cm³/mol. The molecule has 1 aliphatic heterocycles. The van der Waals surface area contributed by atoms with Gasteiger partial charge < -0.3 is 14.4 Å². The maximum absolute atomic E-state index is 13.9. The van der Waals surface area contributed by atoms with Gasteiger partial charge >= 0.3 is 12.4 Å². The van der Waals surface area contributed by atoms with Crippen molar-refractivity contribution in [2.45, 2.75) is 39.6 Å². The van der Waals surface area contributed by atoms with E-state index >= 15 is 0 Å². The molecule has 0 saturated carbocycles. The second kappa shape index (κ2) is 11.8. The molecule has 1 N–H and O–H groups in total. The molecular weight excluding hydrogens is 609 g/mol. The minimum absolute atomic E-state index is 0.0135. The van der Waals surface area contributed by atoms with Crippen LogP contribution in [0.15, 0.2) is 69.3 Å². The molecule has 4 rings (SSSR count). The first-order chi connectivity index (χ1) is 18.2. The van der Waals surface area contributed by atoms with Gasteiger partial charge in [-0.2, -0.15) is 26.3 Å². The third-order valence-electron chi connectivity index (χ3n) is 5.75. The first-order valence-electron chi connectivity index (χ1n) is 11.3. The van der Waals surface area contributed by atoms with Crippen LogP contribution >= 0.6 is 35.0 Å². The summed E-state index contributed by atoms with van der Waals surface area (Å²) in [5.74, 6) is -0.453. The highest BCUT2D eigenvalue weighted by Crippen LogP contribution is 2.44. The van der Waals surface area contributed by atoms with Crippen molar-refractivity contribution in [1.29, 1.82) is 0 Å². The summed E-state index contributed by atoms with van der Waals surface area (Å²) in [6, 6.07) is 10.5. The van der Waals surface area contributed by atoms with Gasteiger partial charge in [0.25, 0.3) is 0 Å². The normalized spacial score (nSPS) is 17.3. The zero-order chi connectivity index (χ0) is 28.5. The minimum atomic E-state index is -4.79. The van der Waals surface area contributed by atoms with Gasteiger partial charge in [-0.15, -0.1) is 0 Å². The largest absolute Gasteiger partial charge is 0.488 e. The van der Waals surface area contributed by atoms with Crippen LogP contribution < -0.4 is 9.46 Å². The lowest BCUT2D eigenvalue weighted by Gasteiger charge is -2.19. The van der Waals surface area contributed by atoms with Gasteiger partial charge in [-0.25, -0.2) is 4.21 Å². The van der Waals surface area contributed by atoms with Gasteiger partial charge in [0.2, 0.25) is 0 Å². The number of ether oxygens (including phenoxy) is 1. The van der Waals surface area contributed by atoms with Gasteiger partial charge in [-0.3, -0.25) is 0 Å². The smallest absolute Gasteiger partial charge is 0.419 e. The Bertz CT molecular complexity index is 1390. The van der Waals surface area contributed by atoms with E-state index < -0.39 is 46.3 Å². The zero-order valence-electron chi connectivity index (χ0n) is 20.0. The average Bonchev–Trinajstić information content (AvgIpc) is 3.25. The number of likely N-dealkylation sites (tertiary alicyclic amines) is 1. The van der Waals surface area contributed by atoms with Crippen molar-refractivity contribution < 1.29 is 35.3 Å². The van der Waals surface area contributed by atoms with E-state index in [0.29, 0.717) is 24.4 Å². The molecular formula is C25H20Cl2F6N2O2S2. The molecule has 0 bridgehead atoms. The van der Waals surface area contributed by atoms with Crippen LogP contribution in [0.2, 0.25) is 10.0 Å². The Balaban J connectivity index is 1.60. The Hall–Kier alpha value is -2.12. The third-order valence-corrected chi connectivity index (χ3v) is 8.92. The number of rotatable bonds is 7. The number of benzene rings is 3. The second-order valence-corrected chi connectivity index (χ2v) is 11.8. The van der Waals surface area contributed by atoms with Crippen LogP contribution in [0.3, 0.4) is 0 Å². The molecule has 39 heavy (non-hydrogen) atoms. The van der Waals surface area contributed by atoms with Gasteiger partial charge in [-0.1, -0.05) is 41.0 Å². The summed E-state index contributed by atoms with van der Waals surface area (Å²) in [6.07, 6.45) is -9.43. The van der Waals surface area contributed by atoms with Crippen LogP contribution in [-0.4, -0.2) is 35.3 Å². The number of anilines is 1. The first-order valence-corrected chi connectivity index (χ1v) is 14.0. The third kappa shape index (κ3) is 7.35. The van der Waals surface area contributed by atoms with Crippen LogP contribution in [0.5, 0.6) is 5.75 Å². The molecule has 1 heterocycles. The molecule has 4 nitrogen and oxygen atoms in total. The molecule has 0 radical (unpaired) electrons. The summed E-state index contributed by atoms with van der Waals surface area (Å²) >= 11 is 12.8. The molecule has 1 fully saturated rings. The van der Waals surface area contributed by atoms with Crippen molar-refractivity contribution in [1.82, 2.24) is 4.90 Å². The van der Waals surface area contributed by atoms with Crippen molar-refractivity contribution in [2.75, 3.05) is 24.9 Å². The lowest BCUT2D eigenvalue weighted by Crippen LogP contribution is -2.23. The zero-order valence-corrected chi connectivity index (χ0v) is 23.1. The highest BCUT2D eigenvalue weighted by Gasteiger charge is 2.37. The van der Waals surface area contributed by atoms with Gasteiger partial charge in [0.15, 0.2) is 0 Å². The number of halogens is 8. The maximum atomic E-state index is 13.9. The Labute approximate surface area is 237 Å². The maximum Gasteiger partial charge on any atom is 0.419 e. The molecule has 0 aliphatic carbocycles. The molecule has 3 aromatic carbocycles. The molecule has 210 valence electrons. The van der Waals surface area contributed by atoms with Crippen molar-refractivity contribution >= 4 is 51.6 Å². The van der Waals surface area contributed by atoms with Crippen LogP contribution in [0.25, 0.3) is 0 Å². The summed E-state index contributed by atoms with van der Waals surface area (Å²) in [6.45, 7) is 1.10. The summed E-state index contributed by atoms with van der Waals surface area (Å²) in [5, 5.41) is 0.271. The number of nitrogens with one attached hydrogen (secondary N) is 1. The van der Waals surface area contributed by atoms with Crippen molar-refractivity contribution in [2.24, 2.45) is 0 Å². The number of hydrogen-bond acceptors (Lipinski definition) is 4. The SMILES string of the molecule is CN1CC[C@@H](Oc2cc(NS(=O)c3ccc(Sc4cccc(Cl)c4Cl)c(C(F)(F)F)c3)ccc2C(F)(F)F)C1. The molecule has 2 atom stereocenters. The highest BCUT2D eigenvalue weighted by molar-refractivity contribution is 7.99. The first kappa shape index (κ1) is 29.9. The monoisotopic (exact) mass is 628 g/mol. The van der Waals surface area contributed by atoms with Crippen LogP contribution in [0.4, 0.5) is 32.0 Å². The summed E-state index contributed by atoms with van der Waals surface area (Å²) in [7, 11) is -0.422. The quantitative estimate of drug-likeness (QED) is 0.267. The second-order valence-electron chi connectivity index (χ2n) is 8.68. The molecule has 3 aromatic rings. The van der Waals surface area contributed by atoms with E-state index in [0.717, 1.165) is 42.1 Å². The minimum Gasteiger partial charge on any atom is -0.488 e. The molecule has 1 saturated heterocycles. The Kier molecular flexibility index (Phi) is 9.02. The Morgan fingerprint density at radius 2 is 1.69 bits per heavy atom. The fourth-order valence-electron chi connectivity index (χ4n) is 3.87. The van der Waals surface area contributed by atoms with E-state index in [1.54, 1.807) is 6.07 Å². The molecule has 1 aliphatic rings. The number of nitrogens with zero attached hydrogens (tertiary/aromatic N) is 1. The summed E-state index contributed by atoms with van der Waals surface area (Å²) in [4.78, 5) is 1.78. The van der Waals surface area contributed by atoms with Gasteiger partial charge in [0.05, 0.1) is 31.8 Å². The number of alkyl halides is 6. The van der Waals surface area contributed by atoms with Gasteiger partial charge in [0, 0.05) is 28.9 Å². The Morgan fingerprint density at radius 1 is 0.974 bits per heavy atom. The number of hydrogen-bond donors (Lipinski definition) is 1. The molecule has 14 heteroatoms. The average molecular weight is 629 g/mol.